The van der Waals surface area contributed by atoms with E-state index in [1.807, 2.05) is 0 Å². The van der Waals surface area contributed by atoms with Gasteiger partial charge in [-0.25, -0.2) is 0 Å². The predicted octanol–water partition coefficient (Wildman–Crippen LogP) is 3.87. The molecule has 1 rings (SSSR count). The van der Waals surface area contributed by atoms with Crippen molar-refractivity contribution in [2.75, 3.05) is 5.88 Å². The summed E-state index contributed by atoms with van der Waals surface area (Å²) in [5.41, 5.74) is 0. The lowest BCUT2D eigenvalue weighted by Crippen LogP contribution is -2.37. The van der Waals surface area contributed by atoms with Crippen molar-refractivity contribution < 1.29 is 4.79 Å². The lowest BCUT2D eigenvalue weighted by atomic mass is 9.93. The van der Waals surface area contributed by atoms with Crippen LogP contribution in [-0.2, 0) is 4.79 Å². The van der Waals surface area contributed by atoms with Gasteiger partial charge in [0.05, 0.1) is 0 Å². The fourth-order valence-corrected chi connectivity index (χ4v) is 2.82. The molecule has 0 aromatic rings. The predicted molar refractivity (Wildman–Crippen MR) is 73.4 cm³/mol. The number of alkyl halides is 1. The second-order valence-corrected chi connectivity index (χ2v) is 5.63. The smallest absolute Gasteiger partial charge is 0.220 e. The SMILES string of the molecule is C[C@H](NC(=O)CCCCCl)C1CCCCCC1. The molecule has 0 aliphatic heterocycles. The lowest BCUT2D eigenvalue weighted by molar-refractivity contribution is -0.122. The molecule has 1 fully saturated rings. The minimum absolute atomic E-state index is 0.201. The van der Waals surface area contributed by atoms with E-state index < -0.39 is 0 Å². The van der Waals surface area contributed by atoms with Crippen molar-refractivity contribution in [3.63, 3.8) is 0 Å². The van der Waals surface area contributed by atoms with Crippen molar-refractivity contribution in [3.05, 3.63) is 0 Å². The van der Waals surface area contributed by atoms with Gasteiger partial charge in [-0.3, -0.25) is 4.79 Å². The Morgan fingerprint density at radius 1 is 1.24 bits per heavy atom. The van der Waals surface area contributed by atoms with Crippen LogP contribution in [0, 0.1) is 5.92 Å². The molecule has 1 aliphatic rings. The standard InChI is InChI=1S/C14H26ClNO/c1-12(13-8-4-2-3-5-9-13)16-14(17)10-6-7-11-15/h12-13H,2-11H2,1H3,(H,16,17)/t12-/m0/s1. The lowest BCUT2D eigenvalue weighted by Gasteiger charge is -2.23. The maximum atomic E-state index is 11.7. The van der Waals surface area contributed by atoms with E-state index in [0.29, 0.717) is 24.3 Å². The summed E-state index contributed by atoms with van der Waals surface area (Å²) in [6, 6.07) is 0.344. The van der Waals surface area contributed by atoms with Gasteiger partial charge in [-0.2, -0.15) is 0 Å². The Morgan fingerprint density at radius 3 is 2.47 bits per heavy atom. The Labute approximate surface area is 110 Å². The average Bonchev–Trinajstić information content (AvgIpc) is 2.57. The zero-order valence-electron chi connectivity index (χ0n) is 11.0. The van der Waals surface area contributed by atoms with E-state index in [4.69, 9.17) is 11.6 Å². The number of rotatable bonds is 6. The maximum Gasteiger partial charge on any atom is 0.220 e. The summed E-state index contributed by atoms with van der Waals surface area (Å²) in [6.45, 7) is 2.16. The summed E-state index contributed by atoms with van der Waals surface area (Å²) >= 11 is 5.60. The molecule has 0 spiro atoms. The van der Waals surface area contributed by atoms with E-state index in [2.05, 4.69) is 12.2 Å². The van der Waals surface area contributed by atoms with E-state index in [1.54, 1.807) is 0 Å². The van der Waals surface area contributed by atoms with Crippen molar-refractivity contribution in [2.45, 2.75) is 70.8 Å². The first-order chi connectivity index (χ1) is 8.24. The van der Waals surface area contributed by atoms with Crippen molar-refractivity contribution in [2.24, 2.45) is 5.92 Å². The monoisotopic (exact) mass is 259 g/mol. The largest absolute Gasteiger partial charge is 0.353 e. The number of hydrogen-bond acceptors (Lipinski definition) is 1. The Balaban J connectivity index is 2.21. The Morgan fingerprint density at radius 2 is 1.88 bits per heavy atom. The van der Waals surface area contributed by atoms with Gasteiger partial charge in [0.15, 0.2) is 0 Å². The minimum Gasteiger partial charge on any atom is -0.353 e. The van der Waals surface area contributed by atoms with Crippen LogP contribution in [0.3, 0.4) is 0 Å². The molecule has 0 aromatic carbocycles. The van der Waals surface area contributed by atoms with Gasteiger partial charge in [0.1, 0.15) is 0 Å². The molecular formula is C14H26ClNO. The van der Waals surface area contributed by atoms with Gasteiger partial charge in [0.25, 0.3) is 0 Å². The van der Waals surface area contributed by atoms with Gasteiger partial charge in [0.2, 0.25) is 5.91 Å². The number of nitrogens with one attached hydrogen (secondary N) is 1. The van der Waals surface area contributed by atoms with E-state index in [-0.39, 0.29) is 5.91 Å². The van der Waals surface area contributed by atoms with Crippen LogP contribution < -0.4 is 5.32 Å². The van der Waals surface area contributed by atoms with E-state index in [0.717, 1.165) is 12.8 Å². The van der Waals surface area contributed by atoms with E-state index in [9.17, 15) is 4.79 Å². The normalized spacial score (nSPS) is 19.6. The summed E-state index contributed by atoms with van der Waals surface area (Å²) < 4.78 is 0. The van der Waals surface area contributed by atoms with Crippen molar-refractivity contribution in [1.29, 1.82) is 0 Å². The van der Waals surface area contributed by atoms with Crippen LogP contribution in [0.2, 0.25) is 0 Å². The number of carbonyl (C=O) groups excluding carboxylic acids is 1. The van der Waals surface area contributed by atoms with Gasteiger partial charge in [0, 0.05) is 18.3 Å². The number of unbranched alkanes of at least 4 members (excludes halogenated alkanes) is 1. The van der Waals surface area contributed by atoms with Crippen LogP contribution in [-0.4, -0.2) is 17.8 Å². The highest BCUT2D eigenvalue weighted by Gasteiger charge is 2.20. The molecule has 0 heterocycles. The summed E-state index contributed by atoms with van der Waals surface area (Å²) in [5.74, 6) is 1.55. The van der Waals surface area contributed by atoms with Gasteiger partial charge in [-0.1, -0.05) is 25.7 Å². The van der Waals surface area contributed by atoms with Crippen molar-refractivity contribution in [1.82, 2.24) is 5.32 Å². The fraction of sp³-hybridized carbons (Fsp3) is 0.929. The molecule has 2 nitrogen and oxygen atoms in total. The Bertz CT molecular complexity index is 212. The third-order valence-electron chi connectivity index (χ3n) is 3.78. The van der Waals surface area contributed by atoms with Gasteiger partial charge in [-0.15, -0.1) is 11.6 Å². The molecular weight excluding hydrogens is 234 g/mol. The van der Waals surface area contributed by atoms with Crippen molar-refractivity contribution in [3.8, 4) is 0 Å². The quantitative estimate of drug-likeness (QED) is 0.438. The summed E-state index contributed by atoms with van der Waals surface area (Å²) in [6.07, 6.45) is 10.4. The van der Waals surface area contributed by atoms with Gasteiger partial charge >= 0.3 is 0 Å². The molecule has 3 heteroatoms. The molecule has 0 saturated heterocycles. The van der Waals surface area contributed by atoms with Crippen LogP contribution in [0.5, 0.6) is 0 Å². The molecule has 1 N–H and O–H groups in total. The number of halogens is 1. The number of carbonyl (C=O) groups is 1. The van der Waals surface area contributed by atoms with E-state index in [1.165, 1.54) is 38.5 Å². The van der Waals surface area contributed by atoms with Gasteiger partial charge in [-0.05, 0) is 38.5 Å². The first-order valence-corrected chi connectivity index (χ1v) is 7.63. The van der Waals surface area contributed by atoms with Crippen LogP contribution in [0.15, 0.2) is 0 Å². The van der Waals surface area contributed by atoms with Crippen molar-refractivity contribution >= 4 is 17.5 Å². The van der Waals surface area contributed by atoms with Crippen LogP contribution in [0.4, 0.5) is 0 Å². The summed E-state index contributed by atoms with van der Waals surface area (Å²) in [5, 5.41) is 3.15. The topological polar surface area (TPSA) is 29.1 Å². The molecule has 0 bridgehead atoms. The second kappa shape index (κ2) is 8.79. The zero-order chi connectivity index (χ0) is 12.5. The third-order valence-corrected chi connectivity index (χ3v) is 4.05. The molecule has 1 atom stereocenters. The molecule has 0 radical (unpaired) electrons. The molecule has 100 valence electrons. The highest BCUT2D eigenvalue weighted by molar-refractivity contribution is 6.17. The first-order valence-electron chi connectivity index (χ1n) is 7.09. The van der Waals surface area contributed by atoms with E-state index >= 15 is 0 Å². The molecule has 0 unspecified atom stereocenters. The second-order valence-electron chi connectivity index (χ2n) is 5.25. The Kier molecular flexibility index (Phi) is 7.67. The van der Waals surface area contributed by atoms with Crippen LogP contribution in [0.25, 0.3) is 0 Å². The van der Waals surface area contributed by atoms with Gasteiger partial charge < -0.3 is 5.32 Å². The molecule has 17 heavy (non-hydrogen) atoms. The third kappa shape index (κ3) is 6.30. The maximum absolute atomic E-state index is 11.7. The fourth-order valence-electron chi connectivity index (χ4n) is 2.63. The highest BCUT2D eigenvalue weighted by Crippen LogP contribution is 2.25. The molecule has 0 aromatic heterocycles. The molecule has 1 saturated carbocycles. The van der Waals surface area contributed by atoms with Crippen LogP contribution >= 0.6 is 11.6 Å². The average molecular weight is 260 g/mol. The number of amides is 1. The molecule has 1 aliphatic carbocycles. The highest BCUT2D eigenvalue weighted by atomic mass is 35.5. The summed E-state index contributed by atoms with van der Waals surface area (Å²) in [7, 11) is 0. The number of hydrogen-bond donors (Lipinski definition) is 1. The molecule has 1 amide bonds. The Hall–Kier alpha value is -0.240. The van der Waals surface area contributed by atoms with Crippen LogP contribution in [0.1, 0.15) is 64.7 Å². The first kappa shape index (κ1) is 14.8. The zero-order valence-corrected chi connectivity index (χ0v) is 11.8. The summed E-state index contributed by atoms with van der Waals surface area (Å²) in [4.78, 5) is 11.7. The minimum atomic E-state index is 0.201.